The lowest BCUT2D eigenvalue weighted by molar-refractivity contribution is -0.114. The van der Waals surface area contributed by atoms with Gasteiger partial charge in [0.25, 0.3) is 0 Å². The molecule has 10 heteroatoms. The zero-order valence-corrected chi connectivity index (χ0v) is 17.8. The van der Waals surface area contributed by atoms with Gasteiger partial charge in [-0.25, -0.2) is 8.42 Å². The summed E-state index contributed by atoms with van der Waals surface area (Å²) < 4.78 is 29.4. The molecule has 0 atom stereocenters. The second-order valence-corrected chi connectivity index (χ2v) is 10.2. The van der Waals surface area contributed by atoms with Crippen LogP contribution < -0.4 is 5.32 Å². The molecule has 1 amide bonds. The molecule has 1 aromatic carbocycles. The van der Waals surface area contributed by atoms with E-state index in [-0.39, 0.29) is 21.7 Å². The van der Waals surface area contributed by atoms with E-state index < -0.39 is 10.0 Å². The summed E-state index contributed by atoms with van der Waals surface area (Å²) in [5.74, 6) is 0.906. The summed E-state index contributed by atoms with van der Waals surface area (Å²) in [5.41, 5.74) is 0.394. The Hall–Kier alpha value is -1.97. The van der Waals surface area contributed by atoms with Crippen molar-refractivity contribution >= 4 is 33.2 Å². The first-order chi connectivity index (χ1) is 13.8. The summed E-state index contributed by atoms with van der Waals surface area (Å²) in [6.07, 6.45) is 7.32. The van der Waals surface area contributed by atoms with Gasteiger partial charge in [0.1, 0.15) is 12.2 Å². The van der Waals surface area contributed by atoms with Crippen LogP contribution >= 0.6 is 11.6 Å². The zero-order chi connectivity index (χ0) is 20.6. The van der Waals surface area contributed by atoms with Gasteiger partial charge in [0.2, 0.25) is 15.9 Å². The number of carbonyl (C=O) groups is 1. The molecule has 156 valence electrons. The van der Waals surface area contributed by atoms with E-state index in [0.29, 0.717) is 24.8 Å². The average Bonchev–Trinajstić information content (AvgIpc) is 3.29. The van der Waals surface area contributed by atoms with Crippen molar-refractivity contribution in [1.29, 1.82) is 0 Å². The molecule has 2 heterocycles. The topological polar surface area (TPSA) is 97.2 Å². The SMILES string of the molecule is CC(=O)Nc1ccc(S(=O)(=O)N2CC(Cc3nncn3C3CCCC3)C2)cc1Cl. The summed E-state index contributed by atoms with van der Waals surface area (Å²) in [6, 6.07) is 4.84. The molecule has 29 heavy (non-hydrogen) atoms. The minimum absolute atomic E-state index is 0.129. The largest absolute Gasteiger partial charge is 0.325 e. The molecule has 0 radical (unpaired) electrons. The fraction of sp³-hybridized carbons (Fsp3) is 0.526. The molecule has 0 unspecified atom stereocenters. The number of nitrogens with one attached hydrogen (secondary N) is 1. The van der Waals surface area contributed by atoms with E-state index in [9.17, 15) is 13.2 Å². The van der Waals surface area contributed by atoms with E-state index in [0.717, 1.165) is 25.1 Å². The van der Waals surface area contributed by atoms with E-state index in [1.165, 1.54) is 42.3 Å². The number of hydrogen-bond acceptors (Lipinski definition) is 5. The monoisotopic (exact) mass is 437 g/mol. The van der Waals surface area contributed by atoms with Gasteiger partial charge in [-0.1, -0.05) is 24.4 Å². The van der Waals surface area contributed by atoms with Gasteiger partial charge in [-0.3, -0.25) is 4.79 Å². The fourth-order valence-electron chi connectivity index (χ4n) is 4.10. The predicted octanol–water partition coefficient (Wildman–Crippen LogP) is 2.87. The molecular weight excluding hydrogens is 414 g/mol. The van der Waals surface area contributed by atoms with Crippen molar-refractivity contribution in [2.24, 2.45) is 5.92 Å². The summed E-state index contributed by atoms with van der Waals surface area (Å²) >= 11 is 6.13. The quantitative estimate of drug-likeness (QED) is 0.749. The number of halogens is 1. The standard InChI is InChI=1S/C19H24ClN5O3S/c1-13(26)22-18-7-6-16(9-17(18)20)29(27,28)24-10-14(11-24)8-19-23-21-12-25(19)15-4-2-3-5-15/h6-7,9,12,14-15H,2-5,8,10-11H2,1H3,(H,22,26). The molecule has 8 nitrogen and oxygen atoms in total. The Morgan fingerprint density at radius 3 is 2.66 bits per heavy atom. The van der Waals surface area contributed by atoms with Crippen LogP contribution in [-0.2, 0) is 21.2 Å². The average molecular weight is 438 g/mol. The molecule has 1 aromatic heterocycles. The molecule has 1 aliphatic heterocycles. The second-order valence-electron chi connectivity index (χ2n) is 7.81. The number of benzene rings is 1. The lowest BCUT2D eigenvalue weighted by Crippen LogP contribution is -2.50. The van der Waals surface area contributed by atoms with Crippen LogP contribution in [0.3, 0.4) is 0 Å². The van der Waals surface area contributed by atoms with Gasteiger partial charge >= 0.3 is 0 Å². The van der Waals surface area contributed by atoms with Crippen molar-refractivity contribution < 1.29 is 13.2 Å². The molecule has 1 saturated heterocycles. The highest BCUT2D eigenvalue weighted by atomic mass is 35.5. The first kappa shape index (κ1) is 20.3. The van der Waals surface area contributed by atoms with Gasteiger partial charge in [-0.15, -0.1) is 10.2 Å². The maximum atomic E-state index is 12.9. The van der Waals surface area contributed by atoms with Gasteiger partial charge in [0, 0.05) is 32.5 Å². The zero-order valence-electron chi connectivity index (χ0n) is 16.2. The van der Waals surface area contributed by atoms with Crippen molar-refractivity contribution in [1.82, 2.24) is 19.1 Å². The third-order valence-corrected chi connectivity index (χ3v) is 7.79. The van der Waals surface area contributed by atoms with Gasteiger partial charge in [0.05, 0.1) is 15.6 Å². The fourth-order valence-corrected chi connectivity index (χ4v) is 6.01. The van der Waals surface area contributed by atoms with Gasteiger partial charge in [0.15, 0.2) is 0 Å². The number of rotatable bonds is 6. The lowest BCUT2D eigenvalue weighted by Gasteiger charge is -2.38. The molecule has 1 saturated carbocycles. The Morgan fingerprint density at radius 1 is 1.28 bits per heavy atom. The maximum Gasteiger partial charge on any atom is 0.243 e. The molecule has 2 aliphatic rings. The number of nitrogens with zero attached hydrogens (tertiary/aromatic N) is 4. The molecule has 0 spiro atoms. The lowest BCUT2D eigenvalue weighted by atomic mass is 9.99. The Labute approximate surface area is 175 Å². The Kier molecular flexibility index (Phi) is 5.63. The molecule has 2 aromatic rings. The van der Waals surface area contributed by atoms with Crippen LogP contribution in [0.5, 0.6) is 0 Å². The highest BCUT2D eigenvalue weighted by Crippen LogP contribution is 2.33. The number of hydrogen-bond donors (Lipinski definition) is 1. The summed E-state index contributed by atoms with van der Waals surface area (Å²) in [6.45, 7) is 2.27. The van der Waals surface area contributed by atoms with E-state index in [1.807, 2.05) is 0 Å². The van der Waals surface area contributed by atoms with Crippen LogP contribution in [0.1, 0.15) is 44.5 Å². The number of sulfonamides is 1. The summed E-state index contributed by atoms with van der Waals surface area (Å²) in [7, 11) is -3.61. The van der Waals surface area contributed by atoms with Gasteiger partial charge in [-0.05, 0) is 37.0 Å². The highest BCUT2D eigenvalue weighted by Gasteiger charge is 2.38. The molecule has 4 rings (SSSR count). The van der Waals surface area contributed by atoms with Crippen LogP contribution in [0, 0.1) is 5.92 Å². The van der Waals surface area contributed by atoms with Crippen LogP contribution in [-0.4, -0.2) is 46.5 Å². The van der Waals surface area contributed by atoms with Crippen LogP contribution in [0.2, 0.25) is 5.02 Å². The predicted molar refractivity (Wildman–Crippen MR) is 109 cm³/mol. The first-order valence-corrected chi connectivity index (χ1v) is 11.6. The van der Waals surface area contributed by atoms with Crippen LogP contribution in [0.15, 0.2) is 29.4 Å². The molecule has 2 fully saturated rings. The Bertz CT molecular complexity index is 1010. The molecular formula is C19H24ClN5O3S. The number of anilines is 1. The van der Waals surface area contributed by atoms with E-state index in [2.05, 4.69) is 20.1 Å². The highest BCUT2D eigenvalue weighted by molar-refractivity contribution is 7.89. The Morgan fingerprint density at radius 2 is 2.00 bits per heavy atom. The van der Waals surface area contributed by atoms with Crippen molar-refractivity contribution in [2.45, 2.75) is 50.0 Å². The van der Waals surface area contributed by atoms with Gasteiger partial charge in [-0.2, -0.15) is 4.31 Å². The van der Waals surface area contributed by atoms with E-state index in [1.54, 1.807) is 6.33 Å². The second kappa shape index (κ2) is 8.04. The van der Waals surface area contributed by atoms with Crippen molar-refractivity contribution in [2.75, 3.05) is 18.4 Å². The minimum Gasteiger partial charge on any atom is -0.325 e. The molecule has 1 aliphatic carbocycles. The van der Waals surface area contributed by atoms with Crippen LogP contribution in [0.4, 0.5) is 5.69 Å². The maximum absolute atomic E-state index is 12.9. The van der Waals surface area contributed by atoms with E-state index in [4.69, 9.17) is 11.6 Å². The molecule has 1 N–H and O–H groups in total. The normalized spacial score (nSPS) is 18.7. The Balaban J connectivity index is 1.40. The van der Waals surface area contributed by atoms with Gasteiger partial charge < -0.3 is 9.88 Å². The third-order valence-electron chi connectivity index (χ3n) is 5.65. The smallest absolute Gasteiger partial charge is 0.243 e. The number of amides is 1. The molecule has 0 bridgehead atoms. The number of carbonyl (C=O) groups excluding carboxylic acids is 1. The van der Waals surface area contributed by atoms with Crippen molar-refractivity contribution in [3.63, 3.8) is 0 Å². The number of aromatic nitrogens is 3. The minimum atomic E-state index is -3.61. The summed E-state index contributed by atoms with van der Waals surface area (Å²) in [4.78, 5) is 11.3. The van der Waals surface area contributed by atoms with Crippen molar-refractivity contribution in [3.8, 4) is 0 Å². The third kappa shape index (κ3) is 4.17. The first-order valence-electron chi connectivity index (χ1n) is 9.80. The van der Waals surface area contributed by atoms with E-state index >= 15 is 0 Å². The van der Waals surface area contributed by atoms with Crippen LogP contribution in [0.25, 0.3) is 0 Å². The summed E-state index contributed by atoms with van der Waals surface area (Å²) in [5, 5.41) is 11.1. The van der Waals surface area contributed by atoms with Crippen molar-refractivity contribution in [3.05, 3.63) is 35.4 Å².